The van der Waals surface area contributed by atoms with E-state index in [1.165, 1.54) is 11.4 Å². The summed E-state index contributed by atoms with van der Waals surface area (Å²) in [5.41, 5.74) is 0.583. The summed E-state index contributed by atoms with van der Waals surface area (Å²) in [7, 11) is -1.67. The van der Waals surface area contributed by atoms with Crippen LogP contribution < -0.4 is 4.31 Å². The molecule has 0 radical (unpaired) electrons. The van der Waals surface area contributed by atoms with Crippen LogP contribution in [-0.4, -0.2) is 21.2 Å². The Balaban J connectivity index is 3.07. The fourth-order valence-corrected chi connectivity index (χ4v) is 2.03. The van der Waals surface area contributed by atoms with Crippen LogP contribution in [0.4, 0.5) is 5.69 Å². The molecule has 0 saturated carbocycles. The van der Waals surface area contributed by atoms with Crippen molar-refractivity contribution in [1.29, 1.82) is 0 Å². The zero-order valence-corrected chi connectivity index (χ0v) is 9.64. The van der Waals surface area contributed by atoms with Crippen molar-refractivity contribution in [3.8, 4) is 0 Å². The fraction of sp³-hybridized carbons (Fsp3) is 0.333. The minimum Gasteiger partial charge on any atom is -0.273 e. The number of rotatable bonds is 3. The van der Waals surface area contributed by atoms with Crippen LogP contribution in [0.3, 0.4) is 0 Å². The second-order valence-corrected chi connectivity index (χ2v) is 5.57. The molecule has 0 N–H and O–H groups in total. The van der Waals surface area contributed by atoms with E-state index in [0.29, 0.717) is 10.7 Å². The maximum atomic E-state index is 11.5. The van der Waals surface area contributed by atoms with E-state index < -0.39 is 10.0 Å². The average Bonchev–Trinajstić information content (AvgIpc) is 2.16. The molecule has 0 atom stereocenters. The van der Waals surface area contributed by atoms with Gasteiger partial charge < -0.3 is 0 Å². The van der Waals surface area contributed by atoms with E-state index in [2.05, 4.69) is 0 Å². The van der Waals surface area contributed by atoms with Gasteiger partial charge in [-0.3, -0.25) is 4.31 Å². The van der Waals surface area contributed by atoms with Crippen LogP contribution in [0.5, 0.6) is 0 Å². The molecule has 14 heavy (non-hydrogen) atoms. The van der Waals surface area contributed by atoms with Gasteiger partial charge in [-0.05, 0) is 25.1 Å². The first kappa shape index (κ1) is 11.3. The Labute approximate surface area is 89.4 Å². The van der Waals surface area contributed by atoms with Gasteiger partial charge in [0.05, 0.1) is 11.4 Å². The largest absolute Gasteiger partial charge is 0.273 e. The lowest BCUT2D eigenvalue weighted by Crippen LogP contribution is -2.27. The predicted octanol–water partition coefficient (Wildman–Crippen LogP) is 2.13. The highest BCUT2D eigenvalue weighted by atomic mass is 35.5. The van der Waals surface area contributed by atoms with Crippen molar-refractivity contribution in [2.75, 3.05) is 17.1 Å². The van der Waals surface area contributed by atoms with E-state index in [1.807, 2.05) is 0 Å². The first-order chi connectivity index (χ1) is 6.47. The number of halogens is 1. The second-order valence-electron chi connectivity index (χ2n) is 2.85. The van der Waals surface area contributed by atoms with Crippen molar-refractivity contribution in [1.82, 2.24) is 0 Å². The predicted molar refractivity (Wildman–Crippen MR) is 59.3 cm³/mol. The fourth-order valence-electron chi connectivity index (χ4n) is 1.03. The SMILES string of the molecule is CCS(=O)(=O)N(C)c1cccc(Cl)c1. The lowest BCUT2D eigenvalue weighted by molar-refractivity contribution is 0.595. The lowest BCUT2D eigenvalue weighted by Gasteiger charge is -2.18. The summed E-state index contributed by atoms with van der Waals surface area (Å²) in [5, 5.41) is 0.528. The standard InChI is InChI=1S/C9H12ClNO2S/c1-3-14(12,13)11(2)9-6-4-5-8(10)7-9/h4-7H,3H2,1-2H3. The summed E-state index contributed by atoms with van der Waals surface area (Å²) in [5.74, 6) is 0.0794. The third-order valence-electron chi connectivity index (χ3n) is 1.95. The first-order valence-corrected chi connectivity index (χ1v) is 6.18. The van der Waals surface area contributed by atoms with Gasteiger partial charge in [0.25, 0.3) is 0 Å². The van der Waals surface area contributed by atoms with E-state index >= 15 is 0 Å². The zero-order chi connectivity index (χ0) is 10.8. The molecule has 0 saturated heterocycles. The Morgan fingerprint density at radius 1 is 1.43 bits per heavy atom. The summed E-state index contributed by atoms with van der Waals surface area (Å²) in [6.45, 7) is 1.61. The van der Waals surface area contributed by atoms with E-state index in [1.54, 1.807) is 31.2 Å². The molecule has 5 heteroatoms. The molecule has 1 rings (SSSR count). The Bertz CT molecular complexity index is 417. The molecule has 1 aromatic rings. The van der Waals surface area contributed by atoms with Crippen molar-refractivity contribution >= 4 is 27.3 Å². The van der Waals surface area contributed by atoms with E-state index in [-0.39, 0.29) is 5.75 Å². The van der Waals surface area contributed by atoms with Crippen LogP contribution in [0.15, 0.2) is 24.3 Å². The highest BCUT2D eigenvalue weighted by molar-refractivity contribution is 7.92. The van der Waals surface area contributed by atoms with Crippen LogP contribution in [-0.2, 0) is 10.0 Å². The minimum absolute atomic E-state index is 0.0794. The quantitative estimate of drug-likeness (QED) is 0.802. The molecule has 0 aliphatic rings. The Morgan fingerprint density at radius 3 is 2.57 bits per heavy atom. The van der Waals surface area contributed by atoms with Crippen molar-refractivity contribution in [3.63, 3.8) is 0 Å². The van der Waals surface area contributed by atoms with Gasteiger partial charge in [-0.25, -0.2) is 8.42 Å². The highest BCUT2D eigenvalue weighted by Crippen LogP contribution is 2.20. The molecule has 3 nitrogen and oxygen atoms in total. The molecule has 0 spiro atoms. The Hall–Kier alpha value is -0.740. The molecule has 1 aromatic carbocycles. The third-order valence-corrected chi connectivity index (χ3v) is 3.96. The Kier molecular flexibility index (Phi) is 3.39. The average molecular weight is 234 g/mol. The van der Waals surface area contributed by atoms with Crippen molar-refractivity contribution in [2.45, 2.75) is 6.92 Å². The highest BCUT2D eigenvalue weighted by Gasteiger charge is 2.15. The molecule has 0 heterocycles. The second kappa shape index (κ2) is 4.19. The van der Waals surface area contributed by atoms with Gasteiger partial charge in [0, 0.05) is 12.1 Å². The Morgan fingerprint density at radius 2 is 2.07 bits per heavy atom. The number of nitrogens with zero attached hydrogens (tertiary/aromatic N) is 1. The molecule has 0 unspecified atom stereocenters. The smallest absolute Gasteiger partial charge is 0.234 e. The maximum Gasteiger partial charge on any atom is 0.234 e. The summed E-state index contributed by atoms with van der Waals surface area (Å²) in [6, 6.07) is 6.75. The van der Waals surface area contributed by atoms with Crippen LogP contribution in [0.2, 0.25) is 5.02 Å². The van der Waals surface area contributed by atoms with Gasteiger partial charge in [0.1, 0.15) is 0 Å². The minimum atomic E-state index is -3.19. The number of benzene rings is 1. The normalized spacial score (nSPS) is 11.4. The summed E-state index contributed by atoms with van der Waals surface area (Å²) in [6.07, 6.45) is 0. The molecule has 78 valence electrons. The summed E-state index contributed by atoms with van der Waals surface area (Å²) < 4.78 is 24.2. The van der Waals surface area contributed by atoms with Gasteiger partial charge in [0.2, 0.25) is 10.0 Å². The third kappa shape index (κ3) is 2.39. The van der Waals surface area contributed by atoms with Gasteiger partial charge in [-0.1, -0.05) is 17.7 Å². The van der Waals surface area contributed by atoms with Crippen molar-refractivity contribution < 1.29 is 8.42 Å². The van der Waals surface area contributed by atoms with Crippen LogP contribution >= 0.6 is 11.6 Å². The summed E-state index contributed by atoms with van der Waals surface area (Å²) >= 11 is 5.76. The number of sulfonamides is 1. The van der Waals surface area contributed by atoms with Crippen LogP contribution in [0, 0.1) is 0 Å². The van der Waals surface area contributed by atoms with Crippen LogP contribution in [0.1, 0.15) is 6.92 Å². The molecule has 0 bridgehead atoms. The number of hydrogen-bond acceptors (Lipinski definition) is 2. The molecular formula is C9H12ClNO2S. The lowest BCUT2D eigenvalue weighted by atomic mass is 10.3. The first-order valence-electron chi connectivity index (χ1n) is 4.19. The van der Waals surface area contributed by atoms with E-state index in [4.69, 9.17) is 11.6 Å². The van der Waals surface area contributed by atoms with E-state index in [9.17, 15) is 8.42 Å². The van der Waals surface area contributed by atoms with Crippen LogP contribution in [0.25, 0.3) is 0 Å². The zero-order valence-electron chi connectivity index (χ0n) is 8.07. The van der Waals surface area contributed by atoms with Gasteiger partial charge in [-0.2, -0.15) is 0 Å². The maximum absolute atomic E-state index is 11.5. The topological polar surface area (TPSA) is 37.4 Å². The van der Waals surface area contributed by atoms with Gasteiger partial charge in [0.15, 0.2) is 0 Å². The van der Waals surface area contributed by atoms with Gasteiger partial charge in [-0.15, -0.1) is 0 Å². The van der Waals surface area contributed by atoms with Gasteiger partial charge >= 0.3 is 0 Å². The summed E-state index contributed by atoms with van der Waals surface area (Å²) in [4.78, 5) is 0. The number of hydrogen-bond donors (Lipinski definition) is 0. The molecule has 0 aromatic heterocycles. The molecule has 0 amide bonds. The number of anilines is 1. The molecular weight excluding hydrogens is 222 g/mol. The molecule has 0 aliphatic carbocycles. The van der Waals surface area contributed by atoms with Crippen molar-refractivity contribution in [2.24, 2.45) is 0 Å². The molecule has 0 aliphatic heterocycles. The molecule has 0 fully saturated rings. The van der Waals surface area contributed by atoms with Crippen molar-refractivity contribution in [3.05, 3.63) is 29.3 Å². The monoisotopic (exact) mass is 233 g/mol. The van der Waals surface area contributed by atoms with E-state index in [0.717, 1.165) is 0 Å².